The van der Waals surface area contributed by atoms with E-state index >= 15 is 0 Å². The number of thiazole rings is 1. The molecule has 36 heavy (non-hydrogen) atoms. The van der Waals surface area contributed by atoms with Crippen LogP contribution in [-0.2, 0) is 0 Å². The standard InChI is InChI=1S/C21H20F4N6O4S/c1-10(29-17(32)11-5-13(34-19(22)23)7-14(6-11)35-20(24)25)16-27-9-28-31(16)21-26-8-15(36-21)18(33)30(2)12-3-4-12/h5-10,12,19-20H,3-4H2,1-2H3,(H,29,32)/t10-/m0/s1. The first-order valence-electron chi connectivity index (χ1n) is 10.6. The summed E-state index contributed by atoms with van der Waals surface area (Å²) >= 11 is 1.10. The van der Waals surface area contributed by atoms with Gasteiger partial charge in [0.1, 0.15) is 22.7 Å². The number of carbonyl (C=O) groups excluding carboxylic acids is 2. The summed E-state index contributed by atoms with van der Waals surface area (Å²) in [7, 11) is 1.73. The maximum Gasteiger partial charge on any atom is 0.387 e. The van der Waals surface area contributed by atoms with E-state index < -0.39 is 36.7 Å². The molecule has 3 aromatic rings. The largest absolute Gasteiger partial charge is 0.435 e. The van der Waals surface area contributed by atoms with Gasteiger partial charge in [0.15, 0.2) is 5.82 Å². The molecule has 1 aliphatic rings. The molecule has 0 radical (unpaired) electrons. The van der Waals surface area contributed by atoms with Crippen molar-refractivity contribution in [2.24, 2.45) is 0 Å². The summed E-state index contributed by atoms with van der Waals surface area (Å²) in [5, 5.41) is 7.05. The monoisotopic (exact) mass is 528 g/mol. The fourth-order valence-corrected chi connectivity index (χ4v) is 4.21. The van der Waals surface area contributed by atoms with E-state index in [1.807, 2.05) is 0 Å². The highest BCUT2D eigenvalue weighted by molar-refractivity contribution is 7.16. The van der Waals surface area contributed by atoms with E-state index in [1.165, 1.54) is 17.2 Å². The van der Waals surface area contributed by atoms with Crippen molar-refractivity contribution >= 4 is 23.2 Å². The van der Waals surface area contributed by atoms with E-state index in [0.717, 1.165) is 42.4 Å². The molecule has 0 spiro atoms. The molecule has 0 bridgehead atoms. The maximum atomic E-state index is 12.8. The molecule has 10 nitrogen and oxygen atoms in total. The van der Waals surface area contributed by atoms with Gasteiger partial charge >= 0.3 is 13.2 Å². The Bertz CT molecular complexity index is 1220. The van der Waals surface area contributed by atoms with Crippen LogP contribution in [0.25, 0.3) is 5.13 Å². The number of halogens is 4. The smallest absolute Gasteiger partial charge is 0.387 e. The number of rotatable bonds is 10. The molecular formula is C21H20F4N6O4S. The van der Waals surface area contributed by atoms with Crippen LogP contribution in [0.2, 0.25) is 0 Å². The summed E-state index contributed by atoms with van der Waals surface area (Å²) in [6.07, 6.45) is 4.61. The number of aromatic nitrogens is 4. The van der Waals surface area contributed by atoms with E-state index in [0.29, 0.717) is 10.0 Å². The molecule has 4 rings (SSSR count). The van der Waals surface area contributed by atoms with Crippen LogP contribution in [0.4, 0.5) is 17.6 Å². The van der Waals surface area contributed by atoms with Gasteiger partial charge in [0.2, 0.25) is 5.13 Å². The van der Waals surface area contributed by atoms with Crippen LogP contribution in [0.5, 0.6) is 11.5 Å². The van der Waals surface area contributed by atoms with Crippen molar-refractivity contribution in [2.75, 3.05) is 7.05 Å². The van der Waals surface area contributed by atoms with E-state index in [2.05, 4.69) is 29.9 Å². The van der Waals surface area contributed by atoms with Crippen molar-refractivity contribution in [3.05, 3.63) is 47.0 Å². The molecule has 0 unspecified atom stereocenters. The SMILES string of the molecule is C[C@H](NC(=O)c1cc(OC(F)F)cc(OC(F)F)c1)c1ncnn1-c1ncc(C(=O)N(C)C2CC2)s1. The number of nitrogens with one attached hydrogen (secondary N) is 1. The molecule has 15 heteroatoms. The second-order valence-corrected chi connectivity index (χ2v) is 8.84. The summed E-state index contributed by atoms with van der Waals surface area (Å²) in [5.41, 5.74) is -0.257. The Morgan fingerprint density at radius 3 is 2.33 bits per heavy atom. The third-order valence-electron chi connectivity index (χ3n) is 5.20. The summed E-state index contributed by atoms with van der Waals surface area (Å²) in [6.45, 7) is -4.90. The molecule has 192 valence electrons. The van der Waals surface area contributed by atoms with Crippen molar-refractivity contribution in [1.82, 2.24) is 30.0 Å². The van der Waals surface area contributed by atoms with Gasteiger partial charge < -0.3 is 19.7 Å². The van der Waals surface area contributed by atoms with Crippen LogP contribution in [0.15, 0.2) is 30.7 Å². The van der Waals surface area contributed by atoms with Gasteiger partial charge in [-0.15, -0.1) is 0 Å². The Morgan fingerprint density at radius 1 is 1.11 bits per heavy atom. The second-order valence-electron chi connectivity index (χ2n) is 7.83. The zero-order valence-corrected chi connectivity index (χ0v) is 19.7. The van der Waals surface area contributed by atoms with Gasteiger partial charge in [-0.3, -0.25) is 9.59 Å². The number of ether oxygens (including phenoxy) is 2. The minimum atomic E-state index is -3.24. The maximum absolute atomic E-state index is 12.8. The van der Waals surface area contributed by atoms with Gasteiger partial charge in [-0.2, -0.15) is 27.3 Å². The lowest BCUT2D eigenvalue weighted by Gasteiger charge is -2.15. The highest BCUT2D eigenvalue weighted by atomic mass is 32.1. The average Bonchev–Trinajstić information content (AvgIpc) is 3.33. The van der Waals surface area contributed by atoms with Crippen LogP contribution in [0.3, 0.4) is 0 Å². The number of nitrogens with zero attached hydrogens (tertiary/aromatic N) is 5. The number of benzene rings is 1. The fourth-order valence-electron chi connectivity index (χ4n) is 3.35. The summed E-state index contributed by atoms with van der Waals surface area (Å²) in [5.74, 6) is -1.74. The van der Waals surface area contributed by atoms with Crippen molar-refractivity contribution in [3.8, 4) is 16.6 Å². The van der Waals surface area contributed by atoms with Crippen LogP contribution < -0.4 is 14.8 Å². The zero-order valence-electron chi connectivity index (χ0n) is 18.9. The first-order valence-corrected chi connectivity index (χ1v) is 11.4. The Kier molecular flexibility index (Phi) is 7.37. The second kappa shape index (κ2) is 10.5. The Hall–Kier alpha value is -3.75. The first-order chi connectivity index (χ1) is 17.1. The number of hydrogen-bond acceptors (Lipinski definition) is 8. The Labute approximate surface area is 205 Å². The van der Waals surface area contributed by atoms with Crippen LogP contribution in [-0.4, -0.2) is 62.8 Å². The lowest BCUT2D eigenvalue weighted by Crippen LogP contribution is -2.29. The van der Waals surface area contributed by atoms with Crippen LogP contribution >= 0.6 is 11.3 Å². The first kappa shape index (κ1) is 25.3. The number of amides is 2. The average molecular weight is 528 g/mol. The molecule has 1 aliphatic carbocycles. The molecule has 1 aromatic carbocycles. The molecule has 1 saturated carbocycles. The van der Waals surface area contributed by atoms with Gasteiger partial charge in [0.05, 0.1) is 12.2 Å². The lowest BCUT2D eigenvalue weighted by atomic mass is 10.1. The molecule has 1 atom stereocenters. The molecule has 2 amide bonds. The summed E-state index contributed by atoms with van der Waals surface area (Å²) < 4.78 is 60.3. The Morgan fingerprint density at radius 2 is 1.75 bits per heavy atom. The topological polar surface area (TPSA) is 111 Å². The molecule has 0 saturated heterocycles. The summed E-state index contributed by atoms with van der Waals surface area (Å²) in [6, 6.07) is 2.20. The quantitative estimate of drug-likeness (QED) is 0.400. The van der Waals surface area contributed by atoms with Gasteiger partial charge in [-0.25, -0.2) is 9.97 Å². The molecule has 2 aromatic heterocycles. The highest BCUT2D eigenvalue weighted by Gasteiger charge is 2.31. The molecule has 1 fully saturated rings. The van der Waals surface area contributed by atoms with E-state index in [-0.39, 0.29) is 23.3 Å². The normalized spacial score (nSPS) is 14.1. The Balaban J connectivity index is 1.51. The van der Waals surface area contributed by atoms with Crippen molar-refractivity contribution in [3.63, 3.8) is 0 Å². The van der Waals surface area contributed by atoms with Crippen LogP contribution in [0, 0.1) is 0 Å². The van der Waals surface area contributed by atoms with E-state index in [9.17, 15) is 27.2 Å². The van der Waals surface area contributed by atoms with Gasteiger partial charge in [-0.1, -0.05) is 11.3 Å². The van der Waals surface area contributed by atoms with Gasteiger partial charge in [-0.05, 0) is 31.9 Å². The molecule has 0 aliphatic heterocycles. The van der Waals surface area contributed by atoms with E-state index in [1.54, 1.807) is 18.9 Å². The fraction of sp³-hybridized carbons (Fsp3) is 0.381. The van der Waals surface area contributed by atoms with Gasteiger partial charge in [0.25, 0.3) is 11.8 Å². The lowest BCUT2D eigenvalue weighted by molar-refractivity contribution is -0.0543. The zero-order chi connectivity index (χ0) is 26.0. The number of carbonyl (C=O) groups is 2. The highest BCUT2D eigenvalue weighted by Crippen LogP contribution is 2.29. The van der Waals surface area contributed by atoms with Gasteiger partial charge in [0, 0.05) is 24.7 Å². The number of alkyl halides is 4. The predicted molar refractivity (Wildman–Crippen MR) is 118 cm³/mol. The minimum Gasteiger partial charge on any atom is -0.435 e. The molecule has 1 N–H and O–H groups in total. The minimum absolute atomic E-state index is 0.156. The van der Waals surface area contributed by atoms with Crippen molar-refractivity contribution in [1.29, 1.82) is 0 Å². The summed E-state index contributed by atoms with van der Waals surface area (Å²) in [4.78, 5) is 35.9. The third kappa shape index (κ3) is 5.90. The third-order valence-corrected chi connectivity index (χ3v) is 6.16. The van der Waals surface area contributed by atoms with E-state index in [4.69, 9.17) is 0 Å². The van der Waals surface area contributed by atoms with Crippen molar-refractivity contribution < 1.29 is 36.6 Å². The molecule has 2 heterocycles. The number of hydrogen-bond donors (Lipinski definition) is 1. The predicted octanol–water partition coefficient (Wildman–Crippen LogP) is 3.65. The van der Waals surface area contributed by atoms with Crippen LogP contribution in [0.1, 0.15) is 51.7 Å². The molecular weight excluding hydrogens is 508 g/mol. The van der Waals surface area contributed by atoms with Crippen molar-refractivity contribution in [2.45, 2.75) is 45.1 Å².